The van der Waals surface area contributed by atoms with E-state index in [1.54, 1.807) is 0 Å². The van der Waals surface area contributed by atoms with Crippen molar-refractivity contribution >= 4 is 27.0 Å². The molecule has 0 fully saturated rings. The number of rotatable bonds is 2. The van der Waals surface area contributed by atoms with Crippen LogP contribution in [-0.2, 0) is 17.7 Å². The van der Waals surface area contributed by atoms with Crippen LogP contribution in [0.3, 0.4) is 0 Å². The molecule has 3 nitrogen and oxygen atoms in total. The Labute approximate surface area is 85.0 Å². The molecule has 0 radical (unpaired) electrons. The van der Waals surface area contributed by atoms with Gasteiger partial charge in [-0.25, -0.2) is 8.60 Å². The second-order valence-electron chi connectivity index (χ2n) is 2.30. The van der Waals surface area contributed by atoms with E-state index in [9.17, 15) is 8.60 Å². The highest BCUT2D eigenvalue weighted by Crippen LogP contribution is 2.24. The SMILES string of the molecule is O=S(O)c1c(F)cc(CO)cc1Br. The molecule has 0 saturated carbocycles. The van der Waals surface area contributed by atoms with E-state index in [1.807, 2.05) is 0 Å². The van der Waals surface area contributed by atoms with Gasteiger partial charge in [-0.15, -0.1) is 0 Å². The maximum absolute atomic E-state index is 13.1. The highest BCUT2D eigenvalue weighted by atomic mass is 79.9. The van der Waals surface area contributed by atoms with Gasteiger partial charge in [-0.2, -0.15) is 0 Å². The second kappa shape index (κ2) is 4.28. The third kappa shape index (κ3) is 2.34. The fourth-order valence-corrected chi connectivity index (χ4v) is 2.22. The number of hydrogen-bond donors (Lipinski definition) is 2. The summed E-state index contributed by atoms with van der Waals surface area (Å²) in [4.78, 5) is -0.308. The lowest BCUT2D eigenvalue weighted by atomic mass is 10.2. The highest BCUT2D eigenvalue weighted by Gasteiger charge is 2.13. The Morgan fingerprint density at radius 1 is 1.54 bits per heavy atom. The molecule has 13 heavy (non-hydrogen) atoms. The van der Waals surface area contributed by atoms with Crippen LogP contribution >= 0.6 is 15.9 Å². The first kappa shape index (κ1) is 10.8. The van der Waals surface area contributed by atoms with Crippen molar-refractivity contribution in [1.82, 2.24) is 0 Å². The monoisotopic (exact) mass is 268 g/mol. The molecule has 6 heteroatoms. The zero-order chi connectivity index (χ0) is 10.0. The lowest BCUT2D eigenvalue weighted by Crippen LogP contribution is -1.97. The van der Waals surface area contributed by atoms with Gasteiger partial charge in [0.25, 0.3) is 0 Å². The molecular weight excluding hydrogens is 263 g/mol. The molecule has 1 rings (SSSR count). The third-order valence-corrected chi connectivity index (χ3v) is 3.07. The van der Waals surface area contributed by atoms with Gasteiger partial charge in [0.05, 0.1) is 6.61 Å². The second-order valence-corrected chi connectivity index (χ2v) is 4.06. The van der Waals surface area contributed by atoms with E-state index in [1.165, 1.54) is 6.07 Å². The van der Waals surface area contributed by atoms with Gasteiger partial charge in [0.2, 0.25) is 0 Å². The quantitative estimate of drug-likeness (QED) is 0.803. The maximum atomic E-state index is 13.1. The molecule has 0 amide bonds. The fourth-order valence-electron chi connectivity index (χ4n) is 0.870. The molecule has 0 aromatic heterocycles. The van der Waals surface area contributed by atoms with Crippen LogP contribution in [0, 0.1) is 5.82 Å². The summed E-state index contributed by atoms with van der Waals surface area (Å²) in [7, 11) is 0. The summed E-state index contributed by atoms with van der Waals surface area (Å²) in [5.74, 6) is -0.806. The van der Waals surface area contributed by atoms with E-state index < -0.39 is 16.9 Å². The predicted octanol–water partition coefficient (Wildman–Crippen LogP) is 1.66. The molecule has 0 aliphatic heterocycles. The molecule has 0 aliphatic carbocycles. The molecule has 2 N–H and O–H groups in total. The molecule has 0 spiro atoms. The molecule has 1 aromatic rings. The van der Waals surface area contributed by atoms with Crippen molar-refractivity contribution in [3.63, 3.8) is 0 Å². The molecule has 0 heterocycles. The van der Waals surface area contributed by atoms with Crippen molar-refractivity contribution in [2.75, 3.05) is 0 Å². The summed E-state index contributed by atoms with van der Waals surface area (Å²) in [5.41, 5.74) is 0.346. The Morgan fingerprint density at radius 2 is 2.15 bits per heavy atom. The Morgan fingerprint density at radius 3 is 2.54 bits per heavy atom. The number of benzene rings is 1. The van der Waals surface area contributed by atoms with Gasteiger partial charge in [0, 0.05) is 4.47 Å². The normalized spacial score (nSPS) is 12.9. The Hall–Kier alpha value is -0.300. The highest BCUT2D eigenvalue weighted by molar-refractivity contribution is 9.10. The number of halogens is 2. The van der Waals surface area contributed by atoms with Crippen molar-refractivity contribution in [2.45, 2.75) is 11.5 Å². The van der Waals surface area contributed by atoms with Gasteiger partial charge >= 0.3 is 0 Å². The summed E-state index contributed by atoms with van der Waals surface area (Å²) >= 11 is 0.569. The summed E-state index contributed by atoms with van der Waals surface area (Å²) in [6, 6.07) is 2.42. The maximum Gasteiger partial charge on any atom is 0.190 e. The zero-order valence-electron chi connectivity index (χ0n) is 6.33. The minimum absolute atomic E-state index is 0.178. The van der Waals surface area contributed by atoms with Crippen molar-refractivity contribution in [1.29, 1.82) is 0 Å². The van der Waals surface area contributed by atoms with Crippen LogP contribution in [-0.4, -0.2) is 13.9 Å². The minimum Gasteiger partial charge on any atom is -0.392 e. The van der Waals surface area contributed by atoms with Crippen molar-refractivity contribution in [3.05, 3.63) is 28.0 Å². The lowest BCUT2D eigenvalue weighted by molar-refractivity contribution is 0.281. The largest absolute Gasteiger partial charge is 0.392 e. The third-order valence-electron chi connectivity index (χ3n) is 1.42. The molecular formula is C7H6BrFO3S. The van der Waals surface area contributed by atoms with E-state index in [0.29, 0.717) is 5.56 Å². The molecule has 1 unspecified atom stereocenters. The number of hydrogen-bond acceptors (Lipinski definition) is 2. The van der Waals surface area contributed by atoms with Gasteiger partial charge in [-0.3, -0.25) is 0 Å². The van der Waals surface area contributed by atoms with E-state index >= 15 is 0 Å². The summed E-state index contributed by atoms with van der Waals surface area (Å²) in [6.07, 6.45) is 0. The molecule has 0 aliphatic rings. The van der Waals surface area contributed by atoms with E-state index in [2.05, 4.69) is 15.9 Å². The molecule has 1 aromatic carbocycles. The Bertz CT molecular complexity index is 333. The van der Waals surface area contributed by atoms with Crippen molar-refractivity contribution < 1.29 is 18.3 Å². The molecule has 0 bridgehead atoms. The first-order valence-corrected chi connectivity index (χ1v) is 5.16. The van der Waals surface area contributed by atoms with Crippen molar-refractivity contribution in [2.24, 2.45) is 0 Å². The predicted molar refractivity (Wildman–Crippen MR) is 49.1 cm³/mol. The first-order chi connectivity index (χ1) is 6.06. The summed E-state index contributed by atoms with van der Waals surface area (Å²) < 4.78 is 32.5. The van der Waals surface area contributed by atoms with E-state index in [-0.39, 0.29) is 16.0 Å². The summed E-state index contributed by atoms with van der Waals surface area (Å²) in [6.45, 7) is -0.312. The van der Waals surface area contributed by atoms with Crippen LogP contribution in [0.5, 0.6) is 0 Å². The lowest BCUT2D eigenvalue weighted by Gasteiger charge is -2.03. The van der Waals surface area contributed by atoms with Gasteiger partial charge < -0.3 is 9.66 Å². The van der Waals surface area contributed by atoms with Crippen LogP contribution in [0.15, 0.2) is 21.5 Å². The molecule has 1 atom stereocenters. The average Bonchev–Trinajstić information content (AvgIpc) is 2.02. The van der Waals surface area contributed by atoms with Gasteiger partial charge in [-0.1, -0.05) is 0 Å². The fraction of sp³-hybridized carbons (Fsp3) is 0.143. The average molecular weight is 269 g/mol. The number of aliphatic hydroxyl groups is 1. The van der Waals surface area contributed by atoms with Crippen LogP contribution < -0.4 is 0 Å². The molecule has 0 saturated heterocycles. The molecule has 72 valence electrons. The Kier molecular flexibility index (Phi) is 3.55. The van der Waals surface area contributed by atoms with Gasteiger partial charge in [-0.05, 0) is 33.6 Å². The minimum atomic E-state index is -2.37. The Balaban J connectivity index is 3.31. The van der Waals surface area contributed by atoms with Crippen molar-refractivity contribution in [3.8, 4) is 0 Å². The first-order valence-electron chi connectivity index (χ1n) is 3.26. The van der Waals surface area contributed by atoms with E-state index in [0.717, 1.165) is 6.07 Å². The van der Waals surface area contributed by atoms with E-state index in [4.69, 9.17) is 9.66 Å². The number of aliphatic hydroxyl groups excluding tert-OH is 1. The topological polar surface area (TPSA) is 57.5 Å². The summed E-state index contributed by atoms with van der Waals surface area (Å²) in [5, 5.41) is 8.69. The van der Waals surface area contributed by atoms with Crippen LogP contribution in [0.25, 0.3) is 0 Å². The van der Waals surface area contributed by atoms with Gasteiger partial charge in [0.1, 0.15) is 10.7 Å². The van der Waals surface area contributed by atoms with Crippen LogP contribution in [0.4, 0.5) is 4.39 Å². The standard InChI is InChI=1S/C7H6BrFO3S/c8-5-1-4(3-10)2-6(9)7(5)13(11)12/h1-2,10H,3H2,(H,11,12). The zero-order valence-corrected chi connectivity index (χ0v) is 8.73. The van der Waals surface area contributed by atoms with Gasteiger partial charge in [0.15, 0.2) is 11.1 Å². The van der Waals surface area contributed by atoms with Crippen LogP contribution in [0.1, 0.15) is 5.56 Å². The van der Waals surface area contributed by atoms with Crippen LogP contribution in [0.2, 0.25) is 0 Å². The smallest absolute Gasteiger partial charge is 0.190 e.